The number of hydrogen-bond acceptors (Lipinski definition) is 3. The second-order valence-electron chi connectivity index (χ2n) is 5.33. The number of benzene rings is 1. The Kier molecular flexibility index (Phi) is 4.62. The average molecular weight is 271 g/mol. The third-order valence-electron chi connectivity index (χ3n) is 3.81. The number of amides is 1. The minimum atomic E-state index is -0.118. The van der Waals surface area contributed by atoms with E-state index in [-0.39, 0.29) is 17.7 Å². The summed E-state index contributed by atoms with van der Waals surface area (Å²) in [6.45, 7) is 5.81. The SMILES string of the molecule is CCN(CC(C)C#N)C(=O)CC1CNc2ccccc21. The maximum atomic E-state index is 12.4. The zero-order valence-electron chi connectivity index (χ0n) is 12.1. The van der Waals surface area contributed by atoms with Crippen molar-refractivity contribution < 1.29 is 4.79 Å². The van der Waals surface area contributed by atoms with E-state index in [0.717, 1.165) is 12.2 Å². The van der Waals surface area contributed by atoms with Crippen LogP contribution in [-0.2, 0) is 4.79 Å². The molecular weight excluding hydrogens is 250 g/mol. The highest BCUT2D eigenvalue weighted by Gasteiger charge is 2.26. The highest BCUT2D eigenvalue weighted by molar-refractivity contribution is 5.78. The Morgan fingerprint density at radius 2 is 2.30 bits per heavy atom. The monoisotopic (exact) mass is 271 g/mol. The molecule has 2 rings (SSSR count). The largest absolute Gasteiger partial charge is 0.384 e. The fourth-order valence-corrected chi connectivity index (χ4v) is 2.66. The van der Waals surface area contributed by atoms with E-state index < -0.39 is 0 Å². The zero-order chi connectivity index (χ0) is 14.5. The molecule has 0 spiro atoms. The number of anilines is 1. The minimum Gasteiger partial charge on any atom is -0.384 e. The Bertz CT molecular complexity index is 521. The Hall–Kier alpha value is -2.02. The predicted molar refractivity (Wildman–Crippen MR) is 79.3 cm³/mol. The fraction of sp³-hybridized carbons (Fsp3) is 0.500. The lowest BCUT2D eigenvalue weighted by atomic mass is 9.97. The molecule has 0 saturated carbocycles. The molecule has 4 nitrogen and oxygen atoms in total. The first-order valence-corrected chi connectivity index (χ1v) is 7.15. The quantitative estimate of drug-likeness (QED) is 0.895. The molecule has 0 aromatic heterocycles. The van der Waals surface area contributed by atoms with Crippen LogP contribution in [0, 0.1) is 17.2 Å². The van der Waals surface area contributed by atoms with Gasteiger partial charge in [0.25, 0.3) is 0 Å². The summed E-state index contributed by atoms with van der Waals surface area (Å²) in [4.78, 5) is 14.2. The first-order chi connectivity index (χ1) is 9.65. The molecule has 1 aliphatic rings. The highest BCUT2D eigenvalue weighted by Crippen LogP contribution is 2.33. The number of hydrogen-bond donors (Lipinski definition) is 1. The van der Waals surface area contributed by atoms with Gasteiger partial charge >= 0.3 is 0 Å². The molecule has 1 aromatic carbocycles. The lowest BCUT2D eigenvalue weighted by Crippen LogP contribution is -2.35. The Balaban J connectivity index is 2.00. The van der Waals surface area contributed by atoms with Crippen molar-refractivity contribution in [1.29, 1.82) is 5.26 Å². The zero-order valence-corrected chi connectivity index (χ0v) is 12.1. The van der Waals surface area contributed by atoms with Crippen molar-refractivity contribution in [1.82, 2.24) is 4.90 Å². The molecule has 20 heavy (non-hydrogen) atoms. The van der Waals surface area contributed by atoms with E-state index in [1.54, 1.807) is 4.90 Å². The van der Waals surface area contributed by atoms with Gasteiger partial charge in [-0.25, -0.2) is 0 Å². The van der Waals surface area contributed by atoms with Gasteiger partial charge < -0.3 is 10.2 Å². The lowest BCUT2D eigenvalue weighted by Gasteiger charge is -2.23. The van der Waals surface area contributed by atoms with Gasteiger partial charge in [0.1, 0.15) is 0 Å². The van der Waals surface area contributed by atoms with Crippen molar-refractivity contribution in [2.45, 2.75) is 26.2 Å². The van der Waals surface area contributed by atoms with Crippen LogP contribution in [0.5, 0.6) is 0 Å². The summed E-state index contributed by atoms with van der Waals surface area (Å²) in [7, 11) is 0. The van der Waals surface area contributed by atoms with Gasteiger partial charge in [-0.05, 0) is 25.5 Å². The summed E-state index contributed by atoms with van der Waals surface area (Å²) in [5.74, 6) is 0.260. The molecule has 2 unspecified atom stereocenters. The summed E-state index contributed by atoms with van der Waals surface area (Å²) in [6.07, 6.45) is 0.510. The molecule has 0 radical (unpaired) electrons. The molecular formula is C16H21N3O. The Labute approximate surface area is 120 Å². The second kappa shape index (κ2) is 6.42. The van der Waals surface area contributed by atoms with Crippen LogP contribution in [0.15, 0.2) is 24.3 Å². The third kappa shape index (κ3) is 3.11. The number of carbonyl (C=O) groups excluding carboxylic acids is 1. The van der Waals surface area contributed by atoms with Gasteiger partial charge in [0, 0.05) is 37.7 Å². The van der Waals surface area contributed by atoms with Crippen LogP contribution in [-0.4, -0.2) is 30.4 Å². The van der Waals surface area contributed by atoms with Gasteiger partial charge in [0.2, 0.25) is 5.91 Å². The molecule has 2 atom stereocenters. The van der Waals surface area contributed by atoms with Crippen LogP contribution < -0.4 is 5.32 Å². The number of nitrogens with one attached hydrogen (secondary N) is 1. The predicted octanol–water partition coefficient (Wildman–Crippen LogP) is 2.59. The number of carbonyl (C=O) groups is 1. The van der Waals surface area contributed by atoms with E-state index in [4.69, 9.17) is 5.26 Å². The van der Waals surface area contributed by atoms with E-state index >= 15 is 0 Å². The standard InChI is InChI=1S/C16H21N3O/c1-3-19(11-12(2)9-17)16(20)8-13-10-18-15-7-5-4-6-14(13)15/h4-7,12-13,18H,3,8,10-11H2,1-2H3. The minimum absolute atomic E-state index is 0.118. The number of nitrogens with zero attached hydrogens (tertiary/aromatic N) is 2. The molecule has 1 aliphatic heterocycles. The van der Waals surface area contributed by atoms with E-state index in [1.807, 2.05) is 26.0 Å². The molecule has 1 heterocycles. The Morgan fingerprint density at radius 3 is 3.00 bits per heavy atom. The van der Waals surface area contributed by atoms with Crippen molar-refractivity contribution in [2.75, 3.05) is 25.0 Å². The number of nitriles is 1. The molecule has 0 bridgehead atoms. The molecule has 4 heteroatoms. The first kappa shape index (κ1) is 14.4. The number of rotatable bonds is 5. The average Bonchev–Trinajstić information content (AvgIpc) is 2.87. The second-order valence-corrected chi connectivity index (χ2v) is 5.33. The van der Waals surface area contributed by atoms with Crippen LogP contribution in [0.2, 0.25) is 0 Å². The summed E-state index contributed by atoms with van der Waals surface area (Å²) in [5.41, 5.74) is 2.36. The van der Waals surface area contributed by atoms with Crippen molar-refractivity contribution in [3.8, 4) is 6.07 Å². The summed E-state index contributed by atoms with van der Waals surface area (Å²) < 4.78 is 0. The molecule has 0 saturated heterocycles. The molecule has 1 amide bonds. The fourth-order valence-electron chi connectivity index (χ4n) is 2.66. The maximum absolute atomic E-state index is 12.4. The smallest absolute Gasteiger partial charge is 0.223 e. The van der Waals surface area contributed by atoms with Gasteiger partial charge in [0.05, 0.1) is 12.0 Å². The molecule has 106 valence electrons. The summed E-state index contributed by atoms with van der Waals surface area (Å²) in [6, 6.07) is 10.3. The summed E-state index contributed by atoms with van der Waals surface area (Å²) >= 11 is 0. The molecule has 1 aromatic rings. The van der Waals surface area contributed by atoms with Crippen molar-refractivity contribution in [2.24, 2.45) is 5.92 Å². The van der Waals surface area contributed by atoms with E-state index in [9.17, 15) is 4.79 Å². The normalized spacial score (nSPS) is 17.8. The van der Waals surface area contributed by atoms with Crippen LogP contribution in [0.3, 0.4) is 0 Å². The topological polar surface area (TPSA) is 56.1 Å². The third-order valence-corrected chi connectivity index (χ3v) is 3.81. The van der Waals surface area contributed by atoms with Crippen molar-refractivity contribution in [3.63, 3.8) is 0 Å². The van der Waals surface area contributed by atoms with Gasteiger partial charge in [-0.1, -0.05) is 18.2 Å². The lowest BCUT2D eigenvalue weighted by molar-refractivity contribution is -0.131. The first-order valence-electron chi connectivity index (χ1n) is 7.15. The van der Waals surface area contributed by atoms with Crippen molar-refractivity contribution >= 4 is 11.6 Å². The van der Waals surface area contributed by atoms with Crippen LogP contribution in [0.25, 0.3) is 0 Å². The highest BCUT2D eigenvalue weighted by atomic mass is 16.2. The van der Waals surface area contributed by atoms with Crippen LogP contribution in [0.1, 0.15) is 31.7 Å². The van der Waals surface area contributed by atoms with E-state index in [0.29, 0.717) is 19.5 Å². The van der Waals surface area contributed by atoms with Gasteiger partial charge in [-0.15, -0.1) is 0 Å². The van der Waals surface area contributed by atoms with E-state index in [1.165, 1.54) is 5.56 Å². The summed E-state index contributed by atoms with van der Waals surface area (Å²) in [5, 5.41) is 12.2. The van der Waals surface area contributed by atoms with Gasteiger partial charge in [0.15, 0.2) is 0 Å². The van der Waals surface area contributed by atoms with Crippen molar-refractivity contribution in [3.05, 3.63) is 29.8 Å². The van der Waals surface area contributed by atoms with Crippen LogP contribution >= 0.6 is 0 Å². The van der Waals surface area contributed by atoms with E-state index in [2.05, 4.69) is 23.5 Å². The molecule has 0 aliphatic carbocycles. The number of para-hydroxylation sites is 1. The molecule has 0 fully saturated rings. The van der Waals surface area contributed by atoms with Gasteiger partial charge in [-0.2, -0.15) is 5.26 Å². The Morgan fingerprint density at radius 1 is 1.55 bits per heavy atom. The molecule has 1 N–H and O–H groups in total. The maximum Gasteiger partial charge on any atom is 0.223 e. The van der Waals surface area contributed by atoms with Gasteiger partial charge in [-0.3, -0.25) is 4.79 Å². The number of fused-ring (bicyclic) bond motifs is 1. The van der Waals surface area contributed by atoms with Crippen LogP contribution in [0.4, 0.5) is 5.69 Å².